The van der Waals surface area contributed by atoms with Crippen molar-refractivity contribution in [1.29, 1.82) is 0 Å². The quantitative estimate of drug-likeness (QED) is 0.833. The van der Waals surface area contributed by atoms with Gasteiger partial charge in [-0.15, -0.1) is 11.6 Å². The fraction of sp³-hybridized carbons (Fsp3) is 0.500. The van der Waals surface area contributed by atoms with E-state index in [1.807, 2.05) is 0 Å². The minimum Gasteiger partial charge on any atom is -0.306 e. The van der Waals surface area contributed by atoms with Gasteiger partial charge in [0.25, 0.3) is 0 Å². The van der Waals surface area contributed by atoms with Crippen molar-refractivity contribution in [3.8, 4) is 0 Å². The van der Waals surface area contributed by atoms with E-state index in [1.165, 1.54) is 24.8 Å². The van der Waals surface area contributed by atoms with Crippen molar-refractivity contribution in [3.05, 3.63) is 34.3 Å². The Morgan fingerprint density at radius 3 is 2.40 bits per heavy atom. The molecule has 1 saturated carbocycles. The van der Waals surface area contributed by atoms with E-state index < -0.39 is 0 Å². The highest BCUT2D eigenvalue weighted by Gasteiger charge is 2.35. The number of nitrogens with one attached hydrogen (secondary N) is 1. The number of rotatable bonds is 4. The van der Waals surface area contributed by atoms with E-state index in [4.69, 9.17) is 11.6 Å². The highest BCUT2D eigenvalue weighted by atomic mass is 79.9. The van der Waals surface area contributed by atoms with Crippen molar-refractivity contribution >= 4 is 27.5 Å². The normalized spacial score (nSPS) is 18.5. The summed E-state index contributed by atoms with van der Waals surface area (Å²) >= 11 is 9.41. The number of alkyl halides is 1. The minimum atomic E-state index is 0.217. The zero-order valence-electron chi connectivity index (χ0n) is 8.60. The van der Waals surface area contributed by atoms with Crippen molar-refractivity contribution in [2.45, 2.75) is 31.3 Å². The average molecular weight is 289 g/mol. The lowest BCUT2D eigenvalue weighted by molar-refractivity contribution is 0.211. The van der Waals surface area contributed by atoms with Crippen LogP contribution in [-0.2, 0) is 6.54 Å². The van der Waals surface area contributed by atoms with Gasteiger partial charge in [-0.3, -0.25) is 0 Å². The molecule has 0 atom stereocenters. The van der Waals surface area contributed by atoms with Crippen LogP contribution in [0.4, 0.5) is 0 Å². The van der Waals surface area contributed by atoms with Crippen LogP contribution in [0.2, 0.25) is 0 Å². The Hall–Kier alpha value is -0.0500. The van der Waals surface area contributed by atoms with Gasteiger partial charge in [-0.05, 0) is 37.0 Å². The summed E-state index contributed by atoms with van der Waals surface area (Å²) in [5.74, 6) is 0.726. The van der Waals surface area contributed by atoms with Crippen LogP contribution in [0.3, 0.4) is 0 Å². The SMILES string of the molecule is ClCC1(NCc2ccc(Br)cc2)CCC1. The van der Waals surface area contributed by atoms with Crippen LogP contribution >= 0.6 is 27.5 Å². The molecule has 1 nitrogen and oxygen atoms in total. The van der Waals surface area contributed by atoms with Gasteiger partial charge in [0.1, 0.15) is 0 Å². The molecule has 1 aliphatic carbocycles. The highest BCUT2D eigenvalue weighted by molar-refractivity contribution is 9.10. The van der Waals surface area contributed by atoms with Crippen LogP contribution in [0.15, 0.2) is 28.7 Å². The van der Waals surface area contributed by atoms with E-state index in [-0.39, 0.29) is 5.54 Å². The summed E-state index contributed by atoms with van der Waals surface area (Å²) in [6, 6.07) is 8.42. The molecular formula is C12H15BrClN. The largest absolute Gasteiger partial charge is 0.306 e. The van der Waals surface area contributed by atoms with Crippen LogP contribution in [-0.4, -0.2) is 11.4 Å². The van der Waals surface area contributed by atoms with E-state index >= 15 is 0 Å². The third-order valence-electron chi connectivity index (χ3n) is 3.15. The first kappa shape index (κ1) is 11.4. The third-order valence-corrected chi connectivity index (χ3v) is 4.19. The van der Waals surface area contributed by atoms with Crippen LogP contribution < -0.4 is 5.32 Å². The third kappa shape index (κ3) is 2.74. The molecule has 0 aliphatic heterocycles. The Kier molecular flexibility index (Phi) is 3.70. The maximum atomic E-state index is 5.98. The van der Waals surface area contributed by atoms with Crippen LogP contribution in [0.5, 0.6) is 0 Å². The first-order valence-electron chi connectivity index (χ1n) is 5.30. The number of benzene rings is 1. The molecule has 1 aromatic rings. The summed E-state index contributed by atoms with van der Waals surface area (Å²) in [7, 11) is 0. The van der Waals surface area contributed by atoms with Crippen LogP contribution in [0.25, 0.3) is 0 Å². The van der Waals surface area contributed by atoms with Gasteiger partial charge in [-0.2, -0.15) is 0 Å². The lowest BCUT2D eigenvalue weighted by Crippen LogP contribution is -2.52. The monoisotopic (exact) mass is 287 g/mol. The van der Waals surface area contributed by atoms with Crippen molar-refractivity contribution in [2.75, 3.05) is 5.88 Å². The molecule has 0 unspecified atom stereocenters. The molecule has 0 aromatic heterocycles. The van der Waals surface area contributed by atoms with Gasteiger partial charge in [-0.25, -0.2) is 0 Å². The van der Waals surface area contributed by atoms with Crippen molar-refractivity contribution in [1.82, 2.24) is 5.32 Å². The maximum absolute atomic E-state index is 5.98. The molecule has 82 valence electrons. The fourth-order valence-corrected chi connectivity index (χ4v) is 2.48. The van der Waals surface area contributed by atoms with E-state index in [1.54, 1.807) is 0 Å². The summed E-state index contributed by atoms with van der Waals surface area (Å²) in [5, 5.41) is 3.57. The number of hydrogen-bond donors (Lipinski definition) is 1. The van der Waals surface area contributed by atoms with Gasteiger partial charge in [0.15, 0.2) is 0 Å². The summed E-state index contributed by atoms with van der Waals surface area (Å²) in [4.78, 5) is 0. The Morgan fingerprint density at radius 1 is 1.27 bits per heavy atom. The molecule has 0 bridgehead atoms. The number of hydrogen-bond acceptors (Lipinski definition) is 1. The predicted octanol–water partition coefficient (Wildman–Crippen LogP) is 3.70. The zero-order chi connectivity index (χ0) is 10.7. The van der Waals surface area contributed by atoms with Gasteiger partial charge in [-0.1, -0.05) is 28.1 Å². The molecule has 2 rings (SSSR count). The lowest BCUT2D eigenvalue weighted by atomic mass is 9.78. The highest BCUT2D eigenvalue weighted by Crippen LogP contribution is 2.33. The molecular weight excluding hydrogens is 273 g/mol. The Labute approximate surface area is 104 Å². The van der Waals surface area contributed by atoms with Crippen LogP contribution in [0, 0.1) is 0 Å². The van der Waals surface area contributed by atoms with E-state index in [0.29, 0.717) is 0 Å². The Morgan fingerprint density at radius 2 is 1.93 bits per heavy atom. The lowest BCUT2D eigenvalue weighted by Gasteiger charge is -2.41. The second kappa shape index (κ2) is 4.86. The van der Waals surface area contributed by atoms with E-state index in [2.05, 4.69) is 45.5 Å². The second-order valence-corrected chi connectivity index (χ2v) is 5.43. The first-order valence-corrected chi connectivity index (χ1v) is 6.62. The number of halogens is 2. The molecule has 3 heteroatoms. The topological polar surface area (TPSA) is 12.0 Å². The smallest absolute Gasteiger partial charge is 0.0406 e. The summed E-state index contributed by atoms with van der Waals surface area (Å²) in [6.07, 6.45) is 3.74. The van der Waals surface area contributed by atoms with Gasteiger partial charge in [0.2, 0.25) is 0 Å². The van der Waals surface area contributed by atoms with Gasteiger partial charge in [0, 0.05) is 22.4 Å². The molecule has 0 radical (unpaired) electrons. The zero-order valence-corrected chi connectivity index (χ0v) is 10.9. The minimum absolute atomic E-state index is 0.217. The maximum Gasteiger partial charge on any atom is 0.0406 e. The molecule has 1 N–H and O–H groups in total. The summed E-state index contributed by atoms with van der Waals surface area (Å²) in [5.41, 5.74) is 1.53. The van der Waals surface area contributed by atoms with Crippen LogP contribution in [0.1, 0.15) is 24.8 Å². The van der Waals surface area contributed by atoms with E-state index in [9.17, 15) is 0 Å². The summed E-state index contributed by atoms with van der Waals surface area (Å²) in [6.45, 7) is 0.917. The predicted molar refractivity (Wildman–Crippen MR) is 68.3 cm³/mol. The van der Waals surface area contributed by atoms with Crippen molar-refractivity contribution in [3.63, 3.8) is 0 Å². The van der Waals surface area contributed by atoms with Gasteiger partial charge in [0.05, 0.1) is 0 Å². The molecule has 1 aromatic carbocycles. The van der Waals surface area contributed by atoms with Gasteiger partial charge >= 0.3 is 0 Å². The molecule has 0 heterocycles. The average Bonchev–Trinajstić information content (AvgIpc) is 2.20. The fourth-order valence-electron chi connectivity index (χ4n) is 1.85. The molecule has 0 saturated heterocycles. The molecule has 1 fully saturated rings. The Balaban J connectivity index is 1.90. The molecule has 1 aliphatic rings. The molecule has 0 amide bonds. The molecule has 0 spiro atoms. The van der Waals surface area contributed by atoms with Crippen molar-refractivity contribution < 1.29 is 0 Å². The Bertz CT molecular complexity index is 313. The first-order chi connectivity index (χ1) is 7.24. The van der Waals surface area contributed by atoms with Crippen molar-refractivity contribution in [2.24, 2.45) is 0 Å². The summed E-state index contributed by atoms with van der Waals surface area (Å²) < 4.78 is 1.13. The van der Waals surface area contributed by atoms with Gasteiger partial charge < -0.3 is 5.32 Å². The standard InChI is InChI=1S/C12H15BrClN/c13-11-4-2-10(3-5-11)8-15-12(9-14)6-1-7-12/h2-5,15H,1,6-9H2. The molecule has 15 heavy (non-hydrogen) atoms. The van der Waals surface area contributed by atoms with E-state index in [0.717, 1.165) is 16.9 Å². The second-order valence-electron chi connectivity index (χ2n) is 4.25.